The number of hydrogen-bond donors (Lipinski definition) is 0. The molecule has 0 N–H and O–H groups in total. The molecule has 0 aromatic heterocycles. The number of rotatable bonds is 4. The molecule has 1 aromatic carbocycles. The molecule has 0 radical (unpaired) electrons. The number of hydrogen-bond acceptors (Lipinski definition) is 2. The number of carbonyl (C=O) groups excluding carboxylic acids is 1. The minimum atomic E-state index is -0.140. The smallest absolute Gasteiger partial charge is 0.130 e. The zero-order chi connectivity index (χ0) is 10.9. The Hall–Kier alpha value is -0.760. The van der Waals surface area contributed by atoms with Gasteiger partial charge in [0.2, 0.25) is 0 Å². The standard InChI is InChI=1S/C13H16OS/c1-10(2)15-12-6-4-3-5-11(12)13(9-14)7-8-13/h3-6,9-10H,7-8H2,1-2H3. The Morgan fingerprint density at radius 1 is 1.33 bits per heavy atom. The van der Waals surface area contributed by atoms with Gasteiger partial charge in [0, 0.05) is 10.1 Å². The van der Waals surface area contributed by atoms with E-state index in [4.69, 9.17) is 0 Å². The molecule has 2 heteroatoms. The average molecular weight is 220 g/mol. The second-order valence-electron chi connectivity index (χ2n) is 4.44. The second-order valence-corrected chi connectivity index (χ2v) is 6.06. The normalized spacial score (nSPS) is 17.8. The molecule has 0 aliphatic heterocycles. The third kappa shape index (κ3) is 2.10. The summed E-state index contributed by atoms with van der Waals surface area (Å²) in [5.41, 5.74) is 1.09. The van der Waals surface area contributed by atoms with Gasteiger partial charge in [-0.15, -0.1) is 11.8 Å². The highest BCUT2D eigenvalue weighted by Crippen LogP contribution is 2.49. The van der Waals surface area contributed by atoms with Gasteiger partial charge in [-0.25, -0.2) is 0 Å². The van der Waals surface area contributed by atoms with Gasteiger partial charge in [-0.2, -0.15) is 0 Å². The first kappa shape index (κ1) is 10.7. The van der Waals surface area contributed by atoms with Crippen molar-refractivity contribution in [1.29, 1.82) is 0 Å². The van der Waals surface area contributed by atoms with Crippen LogP contribution in [0.1, 0.15) is 32.3 Å². The molecule has 1 aromatic rings. The SMILES string of the molecule is CC(C)Sc1ccccc1C1(C=O)CC1. The van der Waals surface area contributed by atoms with E-state index in [2.05, 4.69) is 32.0 Å². The predicted octanol–water partition coefficient (Wildman–Crippen LogP) is 3.42. The monoisotopic (exact) mass is 220 g/mol. The van der Waals surface area contributed by atoms with Crippen molar-refractivity contribution >= 4 is 18.0 Å². The highest BCUT2D eigenvalue weighted by Gasteiger charge is 2.45. The lowest BCUT2D eigenvalue weighted by molar-refractivity contribution is -0.109. The molecule has 80 valence electrons. The van der Waals surface area contributed by atoms with E-state index in [0.717, 1.165) is 19.1 Å². The van der Waals surface area contributed by atoms with Crippen LogP contribution in [0, 0.1) is 0 Å². The fourth-order valence-corrected chi connectivity index (χ4v) is 2.88. The summed E-state index contributed by atoms with van der Waals surface area (Å²) in [5.74, 6) is 0. The average Bonchev–Trinajstić information content (AvgIpc) is 2.98. The Balaban J connectivity index is 2.34. The first-order valence-electron chi connectivity index (χ1n) is 5.40. The van der Waals surface area contributed by atoms with Gasteiger partial charge in [0.05, 0.1) is 5.41 Å². The molecule has 1 fully saturated rings. The van der Waals surface area contributed by atoms with Crippen molar-refractivity contribution in [2.24, 2.45) is 0 Å². The third-order valence-electron chi connectivity index (χ3n) is 2.80. The van der Waals surface area contributed by atoms with Crippen molar-refractivity contribution < 1.29 is 4.79 Å². The molecular formula is C13H16OS. The minimum absolute atomic E-state index is 0.140. The quantitative estimate of drug-likeness (QED) is 0.571. The largest absolute Gasteiger partial charge is 0.302 e. The van der Waals surface area contributed by atoms with Gasteiger partial charge >= 0.3 is 0 Å². The molecule has 1 aliphatic rings. The molecule has 0 atom stereocenters. The molecule has 0 spiro atoms. The Morgan fingerprint density at radius 3 is 2.53 bits per heavy atom. The van der Waals surface area contributed by atoms with Gasteiger partial charge in [-0.3, -0.25) is 0 Å². The lowest BCUT2D eigenvalue weighted by Gasteiger charge is -2.14. The second kappa shape index (κ2) is 4.01. The summed E-state index contributed by atoms with van der Waals surface area (Å²) < 4.78 is 0. The summed E-state index contributed by atoms with van der Waals surface area (Å²) in [7, 11) is 0. The summed E-state index contributed by atoms with van der Waals surface area (Å²) in [6.07, 6.45) is 3.17. The maximum atomic E-state index is 11.1. The van der Waals surface area contributed by atoms with Crippen LogP contribution in [0.25, 0.3) is 0 Å². The molecule has 0 unspecified atom stereocenters. The van der Waals surface area contributed by atoms with Crippen LogP contribution >= 0.6 is 11.8 Å². The van der Waals surface area contributed by atoms with E-state index >= 15 is 0 Å². The molecule has 1 nitrogen and oxygen atoms in total. The number of carbonyl (C=O) groups is 1. The molecule has 1 saturated carbocycles. The summed E-state index contributed by atoms with van der Waals surface area (Å²) in [6.45, 7) is 4.36. The van der Waals surface area contributed by atoms with Crippen molar-refractivity contribution in [1.82, 2.24) is 0 Å². The van der Waals surface area contributed by atoms with Gasteiger partial charge in [0.1, 0.15) is 6.29 Å². The molecule has 1 aliphatic carbocycles. The molecule has 0 amide bonds. The van der Waals surface area contributed by atoms with Crippen LogP contribution in [0.5, 0.6) is 0 Å². The van der Waals surface area contributed by atoms with Gasteiger partial charge in [-0.1, -0.05) is 32.0 Å². The highest BCUT2D eigenvalue weighted by atomic mass is 32.2. The van der Waals surface area contributed by atoms with Crippen LogP contribution in [-0.4, -0.2) is 11.5 Å². The number of benzene rings is 1. The van der Waals surface area contributed by atoms with E-state index in [9.17, 15) is 4.79 Å². The molecule has 0 heterocycles. The topological polar surface area (TPSA) is 17.1 Å². The van der Waals surface area contributed by atoms with Gasteiger partial charge in [-0.05, 0) is 24.5 Å². The Labute approximate surface area is 95.3 Å². The van der Waals surface area contributed by atoms with Gasteiger partial charge < -0.3 is 4.79 Å². The van der Waals surface area contributed by atoms with Gasteiger partial charge in [0.25, 0.3) is 0 Å². The number of aldehydes is 1. The van der Waals surface area contributed by atoms with E-state index in [1.807, 2.05) is 17.8 Å². The van der Waals surface area contributed by atoms with E-state index in [1.165, 1.54) is 10.5 Å². The predicted molar refractivity (Wildman–Crippen MR) is 64.4 cm³/mol. The molecule has 0 saturated heterocycles. The summed E-state index contributed by atoms with van der Waals surface area (Å²) >= 11 is 1.85. The van der Waals surface area contributed by atoms with Crippen LogP contribution in [-0.2, 0) is 10.2 Å². The molecule has 2 rings (SSSR count). The van der Waals surface area contributed by atoms with Crippen LogP contribution in [0.3, 0.4) is 0 Å². The van der Waals surface area contributed by atoms with Crippen molar-refractivity contribution in [2.75, 3.05) is 0 Å². The minimum Gasteiger partial charge on any atom is -0.302 e. The Bertz CT molecular complexity index is 367. The third-order valence-corrected chi connectivity index (χ3v) is 3.88. The summed E-state index contributed by atoms with van der Waals surface area (Å²) in [5, 5.41) is 0.564. The molecular weight excluding hydrogens is 204 g/mol. The zero-order valence-corrected chi connectivity index (χ0v) is 10.0. The van der Waals surface area contributed by atoms with Crippen molar-refractivity contribution in [3.63, 3.8) is 0 Å². The van der Waals surface area contributed by atoms with Crippen LogP contribution in [0.4, 0.5) is 0 Å². The van der Waals surface area contributed by atoms with E-state index in [0.29, 0.717) is 5.25 Å². The fourth-order valence-electron chi connectivity index (χ4n) is 1.82. The number of thioether (sulfide) groups is 1. The Morgan fingerprint density at radius 2 is 2.00 bits per heavy atom. The van der Waals surface area contributed by atoms with Crippen LogP contribution in [0.15, 0.2) is 29.2 Å². The van der Waals surface area contributed by atoms with E-state index in [1.54, 1.807) is 0 Å². The lowest BCUT2D eigenvalue weighted by Crippen LogP contribution is -2.09. The van der Waals surface area contributed by atoms with Crippen molar-refractivity contribution in [3.05, 3.63) is 29.8 Å². The molecule has 15 heavy (non-hydrogen) atoms. The van der Waals surface area contributed by atoms with Crippen LogP contribution < -0.4 is 0 Å². The fraction of sp³-hybridized carbons (Fsp3) is 0.462. The van der Waals surface area contributed by atoms with E-state index in [-0.39, 0.29) is 5.41 Å². The van der Waals surface area contributed by atoms with Crippen molar-refractivity contribution in [2.45, 2.75) is 42.2 Å². The first-order chi connectivity index (χ1) is 7.18. The Kier molecular flexibility index (Phi) is 2.87. The first-order valence-corrected chi connectivity index (χ1v) is 6.28. The summed E-state index contributed by atoms with van der Waals surface area (Å²) in [4.78, 5) is 12.4. The lowest BCUT2D eigenvalue weighted by atomic mass is 9.98. The maximum Gasteiger partial charge on any atom is 0.130 e. The zero-order valence-electron chi connectivity index (χ0n) is 9.19. The summed E-state index contributed by atoms with van der Waals surface area (Å²) in [6, 6.07) is 8.31. The van der Waals surface area contributed by atoms with Gasteiger partial charge in [0.15, 0.2) is 0 Å². The molecule has 0 bridgehead atoms. The van der Waals surface area contributed by atoms with E-state index < -0.39 is 0 Å². The van der Waals surface area contributed by atoms with Crippen molar-refractivity contribution in [3.8, 4) is 0 Å². The maximum absolute atomic E-state index is 11.1. The van der Waals surface area contributed by atoms with Crippen LogP contribution in [0.2, 0.25) is 0 Å². The highest BCUT2D eigenvalue weighted by molar-refractivity contribution is 8.00.